The van der Waals surface area contributed by atoms with Crippen LogP contribution in [-0.4, -0.2) is 6.54 Å². The van der Waals surface area contributed by atoms with Crippen molar-refractivity contribution in [2.45, 2.75) is 6.61 Å². The maximum Gasteiger partial charge on any atom is 0.138 e. The molecule has 0 spiro atoms. The Morgan fingerprint density at radius 1 is 1.14 bits per heavy atom. The molecule has 0 radical (unpaired) electrons. The molecule has 2 nitrogen and oxygen atoms in total. The topological polar surface area (TPSA) is 35.2 Å². The number of nitrogens with two attached hydrogens (primary N) is 1. The molecule has 0 bridgehead atoms. The highest BCUT2D eigenvalue weighted by Crippen LogP contribution is 2.26. The lowest BCUT2D eigenvalue weighted by Gasteiger charge is -2.09. The summed E-state index contributed by atoms with van der Waals surface area (Å²) in [5, 5.41) is 0.140. The lowest BCUT2D eigenvalue weighted by Crippen LogP contribution is -2.00. The van der Waals surface area contributed by atoms with E-state index in [2.05, 4.69) is 11.8 Å². The molecule has 2 rings (SSSR count). The van der Waals surface area contributed by atoms with Gasteiger partial charge in [0, 0.05) is 11.1 Å². The zero-order valence-electron chi connectivity index (χ0n) is 11.0. The van der Waals surface area contributed by atoms with Gasteiger partial charge in [-0.1, -0.05) is 29.5 Å². The number of rotatable bonds is 3. The van der Waals surface area contributed by atoms with Gasteiger partial charge in [0.25, 0.3) is 0 Å². The highest BCUT2D eigenvalue weighted by Gasteiger charge is 2.07. The quantitative estimate of drug-likeness (QED) is 0.881. The second kappa shape index (κ2) is 7.07. The van der Waals surface area contributed by atoms with Crippen molar-refractivity contribution in [2.75, 3.05) is 6.54 Å². The van der Waals surface area contributed by atoms with Crippen LogP contribution in [0.1, 0.15) is 11.1 Å². The van der Waals surface area contributed by atoms with Gasteiger partial charge in [0.05, 0.1) is 11.6 Å². The molecule has 5 heteroatoms. The second-order valence-electron chi connectivity index (χ2n) is 4.18. The summed E-state index contributed by atoms with van der Waals surface area (Å²) in [5.74, 6) is 4.80. The molecule has 0 aliphatic carbocycles. The Morgan fingerprint density at radius 2 is 1.95 bits per heavy atom. The third-order valence-corrected chi connectivity index (χ3v) is 2.96. The predicted octanol–water partition coefficient (Wildman–Crippen LogP) is 3.51. The van der Waals surface area contributed by atoms with Crippen LogP contribution >= 0.6 is 11.6 Å². The molecule has 108 valence electrons. The minimum atomic E-state index is -0.457. The van der Waals surface area contributed by atoms with Gasteiger partial charge >= 0.3 is 0 Å². The van der Waals surface area contributed by atoms with Crippen LogP contribution in [0.15, 0.2) is 36.4 Å². The molecule has 0 aromatic heterocycles. The van der Waals surface area contributed by atoms with Gasteiger partial charge in [-0.25, -0.2) is 8.78 Å². The second-order valence-corrected chi connectivity index (χ2v) is 4.58. The summed E-state index contributed by atoms with van der Waals surface area (Å²) in [4.78, 5) is 0. The Bertz CT molecular complexity index is 707. The lowest BCUT2D eigenvalue weighted by molar-refractivity contribution is 0.299. The third kappa shape index (κ3) is 4.19. The van der Waals surface area contributed by atoms with Crippen molar-refractivity contribution in [3.63, 3.8) is 0 Å². The zero-order chi connectivity index (χ0) is 15.2. The molecule has 0 atom stereocenters. The molecular weight excluding hydrogens is 296 g/mol. The summed E-state index contributed by atoms with van der Waals surface area (Å²) in [5.41, 5.74) is 6.15. The van der Waals surface area contributed by atoms with Gasteiger partial charge in [-0.2, -0.15) is 0 Å². The summed E-state index contributed by atoms with van der Waals surface area (Å²) < 4.78 is 32.2. The molecule has 0 saturated heterocycles. The van der Waals surface area contributed by atoms with Gasteiger partial charge in [0.15, 0.2) is 0 Å². The number of hydrogen-bond donors (Lipinski definition) is 1. The standard InChI is InChI=1S/C16H12ClF2NO/c17-14-9-13(18)5-6-16(14)21-10-12-4-3-11(2-1-7-20)8-15(12)19/h3-6,8-9H,7,10,20H2. The Hall–Kier alpha value is -2.09. The molecular formula is C16H12ClF2NO. The molecule has 0 aliphatic rings. The summed E-state index contributed by atoms with van der Waals surface area (Å²) in [6, 6.07) is 8.33. The normalized spacial score (nSPS) is 9.90. The lowest BCUT2D eigenvalue weighted by atomic mass is 10.1. The molecule has 0 amide bonds. The predicted molar refractivity (Wildman–Crippen MR) is 78.1 cm³/mol. The highest BCUT2D eigenvalue weighted by molar-refractivity contribution is 6.32. The number of benzene rings is 2. The van der Waals surface area contributed by atoms with E-state index >= 15 is 0 Å². The Balaban J connectivity index is 2.09. The number of ether oxygens (including phenoxy) is 1. The van der Waals surface area contributed by atoms with E-state index in [9.17, 15) is 8.78 Å². The van der Waals surface area contributed by atoms with Crippen LogP contribution in [0.4, 0.5) is 8.78 Å². The van der Waals surface area contributed by atoms with Crippen molar-refractivity contribution < 1.29 is 13.5 Å². The van der Waals surface area contributed by atoms with Crippen LogP contribution in [0.3, 0.4) is 0 Å². The van der Waals surface area contributed by atoms with Crippen molar-refractivity contribution in [3.05, 3.63) is 64.2 Å². The largest absolute Gasteiger partial charge is 0.487 e. The van der Waals surface area contributed by atoms with E-state index in [4.69, 9.17) is 22.1 Å². The van der Waals surface area contributed by atoms with Gasteiger partial charge in [0.1, 0.15) is 24.0 Å². The van der Waals surface area contributed by atoms with Crippen molar-refractivity contribution >= 4 is 11.6 Å². The van der Waals surface area contributed by atoms with E-state index in [1.165, 1.54) is 18.2 Å². The maximum absolute atomic E-state index is 13.9. The van der Waals surface area contributed by atoms with Gasteiger partial charge < -0.3 is 10.5 Å². The van der Waals surface area contributed by atoms with Gasteiger partial charge in [-0.15, -0.1) is 0 Å². The molecule has 21 heavy (non-hydrogen) atoms. The van der Waals surface area contributed by atoms with Crippen molar-refractivity contribution in [2.24, 2.45) is 5.73 Å². The molecule has 2 aromatic rings. The van der Waals surface area contributed by atoms with Crippen molar-refractivity contribution in [1.82, 2.24) is 0 Å². The van der Waals surface area contributed by atoms with E-state index in [0.29, 0.717) is 16.9 Å². The monoisotopic (exact) mass is 307 g/mol. The zero-order valence-corrected chi connectivity index (χ0v) is 11.8. The Labute approximate surface area is 126 Å². The van der Waals surface area contributed by atoms with Gasteiger partial charge in [-0.05, 0) is 30.3 Å². The van der Waals surface area contributed by atoms with E-state index in [1.807, 2.05) is 0 Å². The van der Waals surface area contributed by atoms with Crippen molar-refractivity contribution in [1.29, 1.82) is 0 Å². The minimum absolute atomic E-state index is 0.0121. The Kier molecular flexibility index (Phi) is 5.15. The summed E-state index contributed by atoms with van der Waals surface area (Å²) in [6.45, 7) is 0.206. The van der Waals surface area contributed by atoms with Crippen LogP contribution < -0.4 is 10.5 Å². The average Bonchev–Trinajstić information content (AvgIpc) is 2.45. The third-order valence-electron chi connectivity index (χ3n) is 2.66. The summed E-state index contributed by atoms with van der Waals surface area (Å²) in [6.07, 6.45) is 0. The van der Waals surface area contributed by atoms with E-state index < -0.39 is 11.6 Å². The molecule has 0 unspecified atom stereocenters. The average molecular weight is 308 g/mol. The van der Waals surface area contributed by atoms with Crippen LogP contribution in [0.25, 0.3) is 0 Å². The first-order valence-corrected chi connectivity index (χ1v) is 6.53. The van der Waals surface area contributed by atoms with E-state index in [1.54, 1.807) is 12.1 Å². The molecule has 0 fully saturated rings. The Morgan fingerprint density at radius 3 is 2.62 bits per heavy atom. The SMILES string of the molecule is NCC#Cc1ccc(COc2ccc(F)cc2Cl)c(F)c1. The molecule has 0 saturated carbocycles. The maximum atomic E-state index is 13.9. The van der Waals surface area contributed by atoms with Crippen LogP contribution in [0.2, 0.25) is 5.02 Å². The van der Waals surface area contributed by atoms with Gasteiger partial charge in [-0.3, -0.25) is 0 Å². The van der Waals surface area contributed by atoms with Crippen LogP contribution in [-0.2, 0) is 6.61 Å². The molecule has 0 aliphatic heterocycles. The van der Waals surface area contributed by atoms with E-state index in [0.717, 1.165) is 6.07 Å². The number of halogens is 3. The number of hydrogen-bond acceptors (Lipinski definition) is 2. The first kappa shape index (κ1) is 15.3. The molecule has 2 N–H and O–H groups in total. The molecule has 0 heterocycles. The van der Waals surface area contributed by atoms with Crippen LogP contribution in [0.5, 0.6) is 5.75 Å². The van der Waals surface area contributed by atoms with Gasteiger partial charge in [0.2, 0.25) is 0 Å². The van der Waals surface area contributed by atoms with E-state index in [-0.39, 0.29) is 18.2 Å². The fourth-order valence-electron chi connectivity index (χ4n) is 1.64. The van der Waals surface area contributed by atoms with Crippen molar-refractivity contribution in [3.8, 4) is 17.6 Å². The first-order chi connectivity index (χ1) is 10.1. The van der Waals surface area contributed by atoms with Crippen LogP contribution in [0, 0.1) is 23.5 Å². The smallest absolute Gasteiger partial charge is 0.138 e. The molecule has 2 aromatic carbocycles. The summed E-state index contributed by atoms with van der Waals surface area (Å²) in [7, 11) is 0. The summed E-state index contributed by atoms with van der Waals surface area (Å²) >= 11 is 5.83. The first-order valence-electron chi connectivity index (χ1n) is 6.15. The highest BCUT2D eigenvalue weighted by atomic mass is 35.5. The fraction of sp³-hybridized carbons (Fsp3) is 0.125. The fourth-order valence-corrected chi connectivity index (χ4v) is 1.86. The minimum Gasteiger partial charge on any atom is -0.487 e.